The third kappa shape index (κ3) is 38.3. The molecule has 0 fully saturated rings. The summed E-state index contributed by atoms with van der Waals surface area (Å²) in [6.07, 6.45) is 36.1. The first-order valence-electron chi connectivity index (χ1n) is 21.1. The van der Waals surface area contributed by atoms with Crippen molar-refractivity contribution >= 4 is 19.8 Å². The fourth-order valence-corrected chi connectivity index (χ4v) is 6.65. The molecule has 0 heterocycles. The fourth-order valence-electron chi connectivity index (χ4n) is 5.90. The first-order valence-corrected chi connectivity index (χ1v) is 22.6. The van der Waals surface area contributed by atoms with Crippen molar-refractivity contribution in [2.45, 2.75) is 206 Å². The van der Waals surface area contributed by atoms with Crippen LogP contribution in [-0.2, 0) is 32.7 Å². The lowest BCUT2D eigenvalue weighted by Gasteiger charge is -2.20. The second kappa shape index (κ2) is 38.5. The third-order valence-electron chi connectivity index (χ3n) is 9.16. The van der Waals surface area contributed by atoms with Crippen molar-refractivity contribution in [3.8, 4) is 0 Å². The number of likely N-dealkylation sites (N-methyl/N-ethyl adjacent to an activating group) is 1. The van der Waals surface area contributed by atoms with Crippen molar-refractivity contribution in [2.24, 2.45) is 0 Å². The molecule has 2 atom stereocenters. The summed E-state index contributed by atoms with van der Waals surface area (Å²) in [4.78, 5) is 34.9. The predicted molar refractivity (Wildman–Crippen MR) is 211 cm³/mol. The summed E-state index contributed by atoms with van der Waals surface area (Å²) in [5, 5.41) is 2.83. The zero-order valence-electron chi connectivity index (χ0n) is 33.3. The largest absolute Gasteiger partial charge is 0.472 e. The van der Waals surface area contributed by atoms with Crippen LogP contribution in [0.3, 0.4) is 0 Å². The quantitative estimate of drug-likeness (QED) is 0.0273. The molecule has 0 spiro atoms. The van der Waals surface area contributed by atoms with Gasteiger partial charge in [-0.3, -0.25) is 18.6 Å². The lowest BCUT2D eigenvalue weighted by atomic mass is 10.0. The number of esters is 2. The van der Waals surface area contributed by atoms with Gasteiger partial charge in [0.15, 0.2) is 0 Å². The zero-order chi connectivity index (χ0) is 37.5. The molecule has 0 aliphatic rings. The minimum absolute atomic E-state index is 0.00101. The number of hydrogen-bond acceptors (Lipinski definition) is 8. The zero-order valence-corrected chi connectivity index (χ0v) is 34.2. The number of nitrogens with one attached hydrogen (secondary N) is 1. The summed E-state index contributed by atoms with van der Waals surface area (Å²) in [7, 11) is -2.60. The highest BCUT2D eigenvalue weighted by Crippen LogP contribution is 2.43. The minimum Gasteiger partial charge on any atom is -0.466 e. The molecule has 0 aliphatic heterocycles. The third-order valence-corrected chi connectivity index (χ3v) is 10.1. The Hall–Kier alpha value is -1.25. The Labute approximate surface area is 313 Å². The van der Waals surface area contributed by atoms with Gasteiger partial charge in [-0.15, -0.1) is 0 Å². The van der Waals surface area contributed by atoms with Crippen LogP contribution in [0.25, 0.3) is 0 Å². The van der Waals surface area contributed by atoms with Crippen LogP contribution in [0.4, 0.5) is 0 Å². The average molecular weight is 746 g/mol. The van der Waals surface area contributed by atoms with Crippen LogP contribution in [0.2, 0.25) is 0 Å². The van der Waals surface area contributed by atoms with Crippen LogP contribution in [0.5, 0.6) is 0 Å². The van der Waals surface area contributed by atoms with E-state index in [0.717, 1.165) is 57.8 Å². The highest BCUT2D eigenvalue weighted by molar-refractivity contribution is 7.47. The fraction of sp³-hybridized carbons (Fsp3) is 0.902. The lowest BCUT2D eigenvalue weighted by molar-refractivity contribution is -0.153. The summed E-state index contributed by atoms with van der Waals surface area (Å²) in [5.74, 6) is -0.663. The van der Waals surface area contributed by atoms with E-state index in [1.807, 2.05) is 0 Å². The van der Waals surface area contributed by atoms with Gasteiger partial charge in [-0.25, -0.2) is 4.57 Å². The highest BCUT2D eigenvalue weighted by Gasteiger charge is 2.25. The SMILES string of the molecule is CCCCCCCC/C=C\CCCCCCCC(=O)O[C@H](CCOC(=O)CCCCCCCCCCCCCCC)COP(=O)(O)OCCNC. The number of rotatable bonds is 40. The van der Waals surface area contributed by atoms with Crippen molar-refractivity contribution in [1.82, 2.24) is 5.32 Å². The van der Waals surface area contributed by atoms with Crippen LogP contribution >= 0.6 is 7.82 Å². The molecule has 302 valence electrons. The number of allylic oxidation sites excluding steroid dienone is 2. The van der Waals surface area contributed by atoms with Gasteiger partial charge in [0, 0.05) is 25.8 Å². The maximum atomic E-state index is 12.6. The van der Waals surface area contributed by atoms with Crippen LogP contribution in [0.1, 0.15) is 200 Å². The summed E-state index contributed by atoms with van der Waals surface area (Å²) < 4.78 is 33.3. The van der Waals surface area contributed by atoms with Gasteiger partial charge < -0.3 is 19.7 Å². The summed E-state index contributed by atoms with van der Waals surface area (Å²) in [6, 6.07) is 0. The molecule has 9 nitrogen and oxygen atoms in total. The van der Waals surface area contributed by atoms with E-state index in [-0.39, 0.29) is 44.6 Å². The number of phosphoric acid groups is 1. The van der Waals surface area contributed by atoms with Crippen molar-refractivity contribution in [3.05, 3.63) is 12.2 Å². The Kier molecular flexibility index (Phi) is 37.5. The minimum atomic E-state index is -4.31. The summed E-state index contributed by atoms with van der Waals surface area (Å²) in [5.41, 5.74) is 0. The topological polar surface area (TPSA) is 120 Å². The Balaban J connectivity index is 4.22. The molecule has 0 aromatic carbocycles. The molecule has 0 amide bonds. The van der Waals surface area contributed by atoms with E-state index in [4.69, 9.17) is 18.5 Å². The Bertz CT molecular complexity index is 856. The lowest BCUT2D eigenvalue weighted by Crippen LogP contribution is -2.26. The number of unbranched alkanes of at least 4 members (excludes halogenated alkanes) is 23. The van der Waals surface area contributed by atoms with Crippen LogP contribution in [-0.4, -0.2) is 56.3 Å². The molecule has 0 saturated carbocycles. The van der Waals surface area contributed by atoms with Gasteiger partial charge in [-0.2, -0.15) is 0 Å². The molecule has 1 unspecified atom stereocenters. The maximum Gasteiger partial charge on any atom is 0.472 e. The predicted octanol–water partition coefficient (Wildman–Crippen LogP) is 11.7. The van der Waals surface area contributed by atoms with Gasteiger partial charge in [0.25, 0.3) is 0 Å². The van der Waals surface area contributed by atoms with Crippen molar-refractivity contribution in [2.75, 3.05) is 33.4 Å². The van der Waals surface area contributed by atoms with Gasteiger partial charge in [0.05, 0.1) is 19.8 Å². The summed E-state index contributed by atoms with van der Waals surface area (Å²) in [6.45, 7) is 4.62. The summed E-state index contributed by atoms with van der Waals surface area (Å²) >= 11 is 0. The molecule has 0 bridgehead atoms. The molecule has 10 heteroatoms. The standard InChI is InChI=1S/C41H80NO8P/c1-4-6-8-10-12-14-16-18-19-21-23-25-27-29-31-33-41(44)50-39(38-49-51(45,46)48-37-35-42-3)34-36-47-40(43)32-30-28-26-24-22-20-17-15-13-11-9-7-5-2/h18-19,39,42H,4-17,20-38H2,1-3H3,(H,45,46)/b19-18-/t39-/m1/s1. The van der Waals surface area contributed by atoms with Crippen molar-refractivity contribution in [3.63, 3.8) is 0 Å². The van der Waals surface area contributed by atoms with Crippen LogP contribution in [0.15, 0.2) is 12.2 Å². The van der Waals surface area contributed by atoms with E-state index >= 15 is 0 Å². The van der Waals surface area contributed by atoms with Gasteiger partial charge in [0.2, 0.25) is 0 Å². The van der Waals surface area contributed by atoms with E-state index < -0.39 is 13.9 Å². The van der Waals surface area contributed by atoms with Crippen LogP contribution < -0.4 is 5.32 Å². The Morgan fingerprint density at radius 2 is 1.04 bits per heavy atom. The number of ether oxygens (including phenoxy) is 2. The second-order valence-corrected chi connectivity index (χ2v) is 15.6. The number of hydrogen-bond donors (Lipinski definition) is 2. The Morgan fingerprint density at radius 1 is 0.608 bits per heavy atom. The highest BCUT2D eigenvalue weighted by atomic mass is 31.2. The van der Waals surface area contributed by atoms with Crippen LogP contribution in [0, 0.1) is 0 Å². The Morgan fingerprint density at radius 3 is 1.51 bits per heavy atom. The second-order valence-electron chi connectivity index (χ2n) is 14.1. The van der Waals surface area contributed by atoms with E-state index in [9.17, 15) is 19.0 Å². The smallest absolute Gasteiger partial charge is 0.466 e. The van der Waals surface area contributed by atoms with Gasteiger partial charge >= 0.3 is 19.8 Å². The van der Waals surface area contributed by atoms with E-state index in [1.165, 1.54) is 109 Å². The molecule has 0 aromatic heterocycles. The molecule has 0 radical (unpaired) electrons. The maximum absolute atomic E-state index is 12.6. The molecule has 0 saturated heterocycles. The first kappa shape index (κ1) is 49.8. The van der Waals surface area contributed by atoms with Gasteiger partial charge in [-0.05, 0) is 45.6 Å². The molecular weight excluding hydrogens is 665 g/mol. The molecule has 0 rings (SSSR count). The van der Waals surface area contributed by atoms with E-state index in [2.05, 4.69) is 31.3 Å². The van der Waals surface area contributed by atoms with Crippen molar-refractivity contribution < 1.29 is 37.6 Å². The van der Waals surface area contributed by atoms with E-state index in [0.29, 0.717) is 13.0 Å². The van der Waals surface area contributed by atoms with Gasteiger partial charge in [-0.1, -0.05) is 154 Å². The molecule has 0 aliphatic carbocycles. The number of carbonyl (C=O) groups is 2. The monoisotopic (exact) mass is 746 g/mol. The first-order chi connectivity index (χ1) is 24.8. The van der Waals surface area contributed by atoms with Gasteiger partial charge in [0.1, 0.15) is 6.10 Å². The molecule has 51 heavy (non-hydrogen) atoms. The van der Waals surface area contributed by atoms with Crippen molar-refractivity contribution in [1.29, 1.82) is 0 Å². The molecule has 0 aromatic rings. The molecule has 2 N–H and O–H groups in total. The normalized spacial score (nSPS) is 13.4. The average Bonchev–Trinajstić information content (AvgIpc) is 3.11. The molecular formula is C41H80NO8P. The number of phosphoric ester groups is 1. The van der Waals surface area contributed by atoms with E-state index in [1.54, 1.807) is 7.05 Å². The number of carbonyl (C=O) groups excluding carboxylic acids is 2.